The lowest BCUT2D eigenvalue weighted by Gasteiger charge is -2.39. The fourth-order valence-electron chi connectivity index (χ4n) is 3.70. The van der Waals surface area contributed by atoms with E-state index in [-0.39, 0.29) is 11.1 Å². The van der Waals surface area contributed by atoms with E-state index in [1.165, 1.54) is 44.9 Å². The van der Waals surface area contributed by atoms with E-state index in [0.29, 0.717) is 12.6 Å². The van der Waals surface area contributed by atoms with E-state index in [1.54, 1.807) is 0 Å². The van der Waals surface area contributed by atoms with Gasteiger partial charge in [0.2, 0.25) is 0 Å². The van der Waals surface area contributed by atoms with Crippen LogP contribution in [0.15, 0.2) is 0 Å². The minimum Gasteiger partial charge on any atom is -0.370 e. The maximum Gasteiger partial charge on any atom is 0.0710 e. The molecule has 3 nitrogen and oxygen atoms in total. The van der Waals surface area contributed by atoms with Crippen LogP contribution >= 0.6 is 0 Å². The summed E-state index contributed by atoms with van der Waals surface area (Å²) in [6.07, 6.45) is 9.42. The van der Waals surface area contributed by atoms with Gasteiger partial charge in [-0.05, 0) is 52.5 Å². The molecule has 2 fully saturated rings. The van der Waals surface area contributed by atoms with Crippen LogP contribution in [0, 0.1) is 0 Å². The van der Waals surface area contributed by atoms with Gasteiger partial charge in [-0.1, -0.05) is 19.8 Å². The third-order valence-electron chi connectivity index (χ3n) is 5.13. The van der Waals surface area contributed by atoms with Gasteiger partial charge in [0.25, 0.3) is 0 Å². The van der Waals surface area contributed by atoms with Crippen LogP contribution in [0.25, 0.3) is 0 Å². The SMILES string of the molecule is CCCN(CC1CCC2(CCCC2)O1)C(C)(C)CN. The monoisotopic (exact) mass is 268 g/mol. The molecule has 0 amide bonds. The van der Waals surface area contributed by atoms with Crippen molar-refractivity contribution in [3.05, 3.63) is 0 Å². The number of nitrogens with two attached hydrogens (primary N) is 1. The summed E-state index contributed by atoms with van der Waals surface area (Å²) in [6, 6.07) is 0. The van der Waals surface area contributed by atoms with Crippen molar-refractivity contribution in [2.75, 3.05) is 19.6 Å². The normalized spacial score (nSPS) is 26.7. The zero-order chi connectivity index (χ0) is 13.9. The van der Waals surface area contributed by atoms with Crippen molar-refractivity contribution in [3.8, 4) is 0 Å². The lowest BCUT2D eigenvalue weighted by molar-refractivity contribution is -0.0570. The smallest absolute Gasteiger partial charge is 0.0710 e. The molecule has 1 aliphatic carbocycles. The predicted octanol–water partition coefficient (Wildman–Crippen LogP) is 2.93. The van der Waals surface area contributed by atoms with Crippen LogP contribution in [-0.4, -0.2) is 41.8 Å². The van der Waals surface area contributed by atoms with Crippen molar-refractivity contribution in [3.63, 3.8) is 0 Å². The highest BCUT2D eigenvalue weighted by molar-refractivity contribution is 4.94. The molecule has 0 aromatic carbocycles. The molecule has 1 spiro atoms. The first-order chi connectivity index (χ1) is 9.01. The lowest BCUT2D eigenvalue weighted by Crippen LogP contribution is -2.52. The minimum atomic E-state index is 0.0881. The van der Waals surface area contributed by atoms with Gasteiger partial charge in [-0.15, -0.1) is 0 Å². The molecule has 1 saturated heterocycles. The van der Waals surface area contributed by atoms with E-state index < -0.39 is 0 Å². The van der Waals surface area contributed by atoms with Crippen molar-refractivity contribution in [2.24, 2.45) is 5.73 Å². The Balaban J connectivity index is 1.91. The van der Waals surface area contributed by atoms with E-state index >= 15 is 0 Å². The first-order valence-corrected chi connectivity index (χ1v) is 8.14. The van der Waals surface area contributed by atoms with E-state index in [1.807, 2.05) is 0 Å². The number of hydrogen-bond donors (Lipinski definition) is 1. The van der Waals surface area contributed by atoms with Gasteiger partial charge in [0.05, 0.1) is 11.7 Å². The highest BCUT2D eigenvalue weighted by Gasteiger charge is 2.43. The Morgan fingerprint density at radius 3 is 2.53 bits per heavy atom. The fraction of sp³-hybridized carbons (Fsp3) is 1.00. The van der Waals surface area contributed by atoms with Crippen LogP contribution in [0.2, 0.25) is 0 Å². The van der Waals surface area contributed by atoms with Crippen LogP contribution in [0.5, 0.6) is 0 Å². The number of nitrogens with zero attached hydrogens (tertiary/aromatic N) is 1. The van der Waals surface area contributed by atoms with Gasteiger partial charge in [0.1, 0.15) is 0 Å². The fourth-order valence-corrected chi connectivity index (χ4v) is 3.70. The number of rotatable bonds is 6. The van der Waals surface area contributed by atoms with Crippen LogP contribution in [0.1, 0.15) is 65.7 Å². The molecule has 112 valence electrons. The number of ether oxygens (including phenoxy) is 1. The Morgan fingerprint density at radius 1 is 1.26 bits per heavy atom. The van der Waals surface area contributed by atoms with Gasteiger partial charge in [-0.3, -0.25) is 4.90 Å². The maximum absolute atomic E-state index is 6.44. The van der Waals surface area contributed by atoms with Gasteiger partial charge in [0, 0.05) is 18.6 Å². The minimum absolute atomic E-state index is 0.0881. The molecule has 1 heterocycles. The summed E-state index contributed by atoms with van der Waals surface area (Å²) in [5, 5.41) is 0. The zero-order valence-corrected chi connectivity index (χ0v) is 13.1. The Hall–Kier alpha value is -0.120. The Labute approximate surface area is 118 Å². The van der Waals surface area contributed by atoms with E-state index in [9.17, 15) is 0 Å². The first kappa shape index (κ1) is 15.3. The van der Waals surface area contributed by atoms with Crippen molar-refractivity contribution < 1.29 is 4.74 Å². The van der Waals surface area contributed by atoms with Crippen LogP contribution < -0.4 is 5.73 Å². The van der Waals surface area contributed by atoms with Crippen molar-refractivity contribution >= 4 is 0 Å². The van der Waals surface area contributed by atoms with Gasteiger partial charge in [0.15, 0.2) is 0 Å². The number of hydrogen-bond acceptors (Lipinski definition) is 3. The van der Waals surface area contributed by atoms with E-state index in [0.717, 1.165) is 13.1 Å². The molecule has 1 aliphatic heterocycles. The highest BCUT2D eigenvalue weighted by atomic mass is 16.5. The average molecular weight is 268 g/mol. The summed E-state index contributed by atoms with van der Waals surface area (Å²) >= 11 is 0. The molecule has 2 rings (SSSR count). The summed E-state index contributed by atoms with van der Waals surface area (Å²) in [5.74, 6) is 0. The van der Waals surface area contributed by atoms with Crippen LogP contribution in [0.3, 0.4) is 0 Å². The lowest BCUT2D eigenvalue weighted by atomic mass is 9.98. The van der Waals surface area contributed by atoms with Gasteiger partial charge in [-0.2, -0.15) is 0 Å². The second-order valence-corrected chi connectivity index (χ2v) is 7.13. The Bertz CT molecular complexity index is 284. The summed E-state index contributed by atoms with van der Waals surface area (Å²) in [6.45, 7) is 9.64. The van der Waals surface area contributed by atoms with E-state index in [2.05, 4.69) is 25.7 Å². The molecule has 19 heavy (non-hydrogen) atoms. The topological polar surface area (TPSA) is 38.5 Å². The van der Waals surface area contributed by atoms with Crippen LogP contribution in [0.4, 0.5) is 0 Å². The molecule has 3 heteroatoms. The Kier molecular flexibility index (Phi) is 4.91. The second kappa shape index (κ2) is 6.11. The maximum atomic E-state index is 6.44. The molecule has 0 bridgehead atoms. The summed E-state index contributed by atoms with van der Waals surface area (Å²) in [4.78, 5) is 2.53. The molecule has 1 unspecified atom stereocenters. The molecular weight excluding hydrogens is 236 g/mol. The standard InChI is InChI=1S/C16H32N2O/c1-4-11-18(15(2,3)13-17)12-14-7-10-16(19-14)8-5-6-9-16/h14H,4-13,17H2,1-3H3. The molecule has 0 aromatic heterocycles. The predicted molar refractivity (Wildman–Crippen MR) is 80.3 cm³/mol. The Morgan fingerprint density at radius 2 is 1.95 bits per heavy atom. The largest absolute Gasteiger partial charge is 0.370 e. The quantitative estimate of drug-likeness (QED) is 0.805. The summed E-state index contributed by atoms with van der Waals surface area (Å²) in [7, 11) is 0. The summed E-state index contributed by atoms with van der Waals surface area (Å²) in [5.41, 5.74) is 6.29. The molecule has 0 radical (unpaired) electrons. The van der Waals surface area contributed by atoms with Crippen molar-refractivity contribution in [1.29, 1.82) is 0 Å². The van der Waals surface area contributed by atoms with Gasteiger partial charge < -0.3 is 10.5 Å². The molecule has 1 atom stereocenters. The van der Waals surface area contributed by atoms with Crippen molar-refractivity contribution in [1.82, 2.24) is 4.90 Å². The molecule has 2 aliphatic rings. The summed E-state index contributed by atoms with van der Waals surface area (Å²) < 4.78 is 6.44. The average Bonchev–Trinajstić information content (AvgIpc) is 3.00. The van der Waals surface area contributed by atoms with E-state index in [4.69, 9.17) is 10.5 Å². The second-order valence-electron chi connectivity index (χ2n) is 7.13. The molecule has 0 aromatic rings. The van der Waals surface area contributed by atoms with Gasteiger partial charge in [-0.25, -0.2) is 0 Å². The van der Waals surface area contributed by atoms with Crippen molar-refractivity contribution in [2.45, 2.75) is 83.0 Å². The van der Waals surface area contributed by atoms with Crippen LogP contribution in [-0.2, 0) is 4.74 Å². The third kappa shape index (κ3) is 3.50. The first-order valence-electron chi connectivity index (χ1n) is 8.14. The molecule has 1 saturated carbocycles. The zero-order valence-electron chi connectivity index (χ0n) is 13.1. The molecule has 2 N–H and O–H groups in total. The highest BCUT2D eigenvalue weighted by Crippen LogP contribution is 2.43. The molecular formula is C16H32N2O. The van der Waals surface area contributed by atoms with Gasteiger partial charge >= 0.3 is 0 Å². The third-order valence-corrected chi connectivity index (χ3v) is 5.13.